The number of sulfone groups is 1. The second-order valence-corrected chi connectivity index (χ2v) is 11.1. The molecule has 0 aromatic heterocycles. The monoisotopic (exact) mass is 451 g/mol. The van der Waals surface area contributed by atoms with Crippen molar-refractivity contribution < 1.29 is 21.6 Å². The molecule has 1 heterocycles. The highest BCUT2D eigenvalue weighted by atomic mass is 32.2. The molecule has 10 heteroatoms. The first-order chi connectivity index (χ1) is 14.2. The summed E-state index contributed by atoms with van der Waals surface area (Å²) in [6.07, 6.45) is 3.20. The van der Waals surface area contributed by atoms with Crippen LogP contribution in [0.4, 0.5) is 10.5 Å². The third-order valence-electron chi connectivity index (χ3n) is 4.94. The number of para-hydroxylation sites is 1. The number of piperidine rings is 1. The van der Waals surface area contributed by atoms with E-state index in [0.717, 1.165) is 12.7 Å². The van der Waals surface area contributed by atoms with Gasteiger partial charge in [-0.2, -0.15) is 4.31 Å². The van der Waals surface area contributed by atoms with Gasteiger partial charge in [0.15, 0.2) is 9.84 Å². The molecular weight excluding hydrogens is 426 g/mol. The highest BCUT2D eigenvalue weighted by Crippen LogP contribution is 2.26. The van der Waals surface area contributed by atoms with Gasteiger partial charge >= 0.3 is 6.03 Å². The standard InChI is InChI=1S/C20H25N3O5S2/c1-29(25,26)18-11-7-12-19(14-18)30(27,28)23-13-6-5-10-17(23)15-21-20(24)22-16-8-3-2-4-9-16/h2-4,7-9,11-12,14,17H,5-6,10,13,15H2,1H3,(H2,21,22,24). The van der Waals surface area contributed by atoms with Crippen molar-refractivity contribution in [2.24, 2.45) is 0 Å². The van der Waals surface area contributed by atoms with Gasteiger partial charge in [-0.1, -0.05) is 30.7 Å². The first-order valence-corrected chi connectivity index (χ1v) is 12.9. The SMILES string of the molecule is CS(=O)(=O)c1cccc(S(=O)(=O)N2CCCCC2CNC(=O)Nc2ccccc2)c1. The van der Waals surface area contributed by atoms with Gasteiger partial charge in [-0.15, -0.1) is 0 Å². The van der Waals surface area contributed by atoms with E-state index in [0.29, 0.717) is 25.1 Å². The first-order valence-electron chi connectivity index (χ1n) is 9.60. The molecule has 2 aromatic carbocycles. The van der Waals surface area contributed by atoms with E-state index in [2.05, 4.69) is 10.6 Å². The second kappa shape index (κ2) is 9.15. The van der Waals surface area contributed by atoms with Crippen LogP contribution in [0.5, 0.6) is 0 Å². The number of benzene rings is 2. The lowest BCUT2D eigenvalue weighted by Gasteiger charge is -2.34. The van der Waals surface area contributed by atoms with Crippen molar-refractivity contribution in [3.63, 3.8) is 0 Å². The summed E-state index contributed by atoms with van der Waals surface area (Å²) >= 11 is 0. The van der Waals surface area contributed by atoms with Crippen LogP contribution in [-0.2, 0) is 19.9 Å². The summed E-state index contributed by atoms with van der Waals surface area (Å²) in [6, 6.07) is 13.5. The number of nitrogens with zero attached hydrogens (tertiary/aromatic N) is 1. The van der Waals surface area contributed by atoms with Crippen molar-refractivity contribution in [3.05, 3.63) is 54.6 Å². The van der Waals surface area contributed by atoms with E-state index in [9.17, 15) is 21.6 Å². The number of rotatable bonds is 6. The zero-order valence-corrected chi connectivity index (χ0v) is 18.2. The summed E-state index contributed by atoms with van der Waals surface area (Å²) in [6.45, 7) is 0.474. The number of anilines is 1. The van der Waals surface area contributed by atoms with Crippen molar-refractivity contribution in [3.8, 4) is 0 Å². The van der Waals surface area contributed by atoms with Crippen LogP contribution in [0.25, 0.3) is 0 Å². The van der Waals surface area contributed by atoms with Crippen molar-refractivity contribution in [2.75, 3.05) is 24.7 Å². The highest BCUT2D eigenvalue weighted by molar-refractivity contribution is 7.91. The molecule has 1 unspecified atom stereocenters. The van der Waals surface area contributed by atoms with Crippen LogP contribution in [0.15, 0.2) is 64.4 Å². The van der Waals surface area contributed by atoms with Crippen molar-refractivity contribution in [1.29, 1.82) is 0 Å². The van der Waals surface area contributed by atoms with Crippen LogP contribution < -0.4 is 10.6 Å². The van der Waals surface area contributed by atoms with E-state index < -0.39 is 31.9 Å². The largest absolute Gasteiger partial charge is 0.336 e. The molecule has 30 heavy (non-hydrogen) atoms. The smallest absolute Gasteiger partial charge is 0.319 e. The van der Waals surface area contributed by atoms with Crippen LogP contribution in [0.1, 0.15) is 19.3 Å². The van der Waals surface area contributed by atoms with Gasteiger partial charge in [0.2, 0.25) is 10.0 Å². The number of amides is 2. The van der Waals surface area contributed by atoms with E-state index in [1.807, 2.05) is 6.07 Å². The van der Waals surface area contributed by atoms with Crippen LogP contribution in [-0.4, -0.2) is 52.6 Å². The minimum atomic E-state index is -3.90. The Labute approximate surface area is 177 Å². The topological polar surface area (TPSA) is 113 Å². The fourth-order valence-electron chi connectivity index (χ4n) is 3.40. The summed E-state index contributed by atoms with van der Waals surface area (Å²) in [5, 5.41) is 5.44. The first kappa shape index (κ1) is 22.3. The van der Waals surface area contributed by atoms with Gasteiger partial charge in [-0.05, 0) is 43.2 Å². The Bertz CT molecular complexity index is 1100. The van der Waals surface area contributed by atoms with Gasteiger partial charge < -0.3 is 10.6 Å². The number of carbonyl (C=O) groups excluding carboxylic acids is 1. The number of hydrogen-bond donors (Lipinski definition) is 2. The molecule has 1 aliphatic heterocycles. The summed E-state index contributed by atoms with van der Waals surface area (Å²) in [5.74, 6) is 0. The molecule has 0 aliphatic carbocycles. The van der Waals surface area contributed by atoms with Gasteiger partial charge in [-0.25, -0.2) is 21.6 Å². The third kappa shape index (κ3) is 5.38. The maximum atomic E-state index is 13.2. The van der Waals surface area contributed by atoms with E-state index in [1.165, 1.54) is 28.6 Å². The number of urea groups is 1. The fourth-order valence-corrected chi connectivity index (χ4v) is 5.88. The molecule has 3 rings (SSSR count). The zero-order valence-electron chi connectivity index (χ0n) is 16.6. The summed E-state index contributed by atoms with van der Waals surface area (Å²) in [7, 11) is -7.43. The lowest BCUT2D eigenvalue weighted by atomic mass is 10.1. The Morgan fingerprint density at radius 1 is 1.00 bits per heavy atom. The maximum absolute atomic E-state index is 13.2. The predicted octanol–water partition coefficient (Wildman–Crippen LogP) is 2.46. The molecule has 1 saturated heterocycles. The molecule has 0 bridgehead atoms. The molecule has 2 amide bonds. The maximum Gasteiger partial charge on any atom is 0.319 e. The van der Waals surface area contributed by atoms with Crippen molar-refractivity contribution in [2.45, 2.75) is 35.1 Å². The molecule has 1 fully saturated rings. The Morgan fingerprint density at radius 3 is 2.40 bits per heavy atom. The zero-order chi connectivity index (χ0) is 21.8. The minimum absolute atomic E-state index is 0.0440. The third-order valence-corrected chi connectivity index (χ3v) is 8.00. The summed E-state index contributed by atoms with van der Waals surface area (Å²) in [4.78, 5) is 12.1. The van der Waals surface area contributed by atoms with E-state index >= 15 is 0 Å². The van der Waals surface area contributed by atoms with Crippen LogP contribution in [0.3, 0.4) is 0 Å². The second-order valence-electron chi connectivity index (χ2n) is 7.21. The summed E-state index contributed by atoms with van der Waals surface area (Å²) in [5.41, 5.74) is 0.640. The van der Waals surface area contributed by atoms with E-state index in [-0.39, 0.29) is 16.3 Å². The van der Waals surface area contributed by atoms with Crippen LogP contribution in [0.2, 0.25) is 0 Å². The summed E-state index contributed by atoms with van der Waals surface area (Å²) < 4.78 is 51.4. The van der Waals surface area contributed by atoms with E-state index in [1.54, 1.807) is 24.3 Å². The Balaban J connectivity index is 1.74. The number of sulfonamides is 1. The highest BCUT2D eigenvalue weighted by Gasteiger charge is 2.34. The molecule has 0 saturated carbocycles. The molecule has 1 aliphatic rings. The molecule has 0 spiro atoms. The minimum Gasteiger partial charge on any atom is -0.336 e. The van der Waals surface area contributed by atoms with Crippen molar-refractivity contribution in [1.82, 2.24) is 9.62 Å². The lowest BCUT2D eigenvalue weighted by molar-refractivity contribution is 0.231. The molecule has 8 nitrogen and oxygen atoms in total. The molecule has 0 radical (unpaired) electrons. The van der Waals surface area contributed by atoms with Crippen LogP contribution in [0, 0.1) is 0 Å². The van der Waals surface area contributed by atoms with Gasteiger partial charge in [-0.3, -0.25) is 0 Å². The van der Waals surface area contributed by atoms with Gasteiger partial charge in [0.05, 0.1) is 9.79 Å². The number of hydrogen-bond acceptors (Lipinski definition) is 5. The Kier molecular flexibility index (Phi) is 6.79. The van der Waals surface area contributed by atoms with Crippen molar-refractivity contribution >= 4 is 31.6 Å². The van der Waals surface area contributed by atoms with Gasteiger partial charge in [0.1, 0.15) is 0 Å². The van der Waals surface area contributed by atoms with Crippen LogP contribution >= 0.6 is 0 Å². The molecule has 2 aromatic rings. The number of nitrogens with one attached hydrogen (secondary N) is 2. The number of carbonyl (C=O) groups is 1. The van der Waals surface area contributed by atoms with Gasteiger partial charge in [0, 0.05) is 31.1 Å². The predicted molar refractivity (Wildman–Crippen MR) is 115 cm³/mol. The quantitative estimate of drug-likeness (QED) is 0.701. The molecule has 1 atom stereocenters. The average molecular weight is 452 g/mol. The Morgan fingerprint density at radius 2 is 1.70 bits per heavy atom. The molecule has 162 valence electrons. The molecular formula is C20H25N3O5S2. The normalized spacial score (nSPS) is 18.0. The van der Waals surface area contributed by atoms with Gasteiger partial charge in [0.25, 0.3) is 0 Å². The lowest BCUT2D eigenvalue weighted by Crippen LogP contribution is -2.49. The Hall–Kier alpha value is -2.43. The average Bonchev–Trinajstić information content (AvgIpc) is 2.73. The van der Waals surface area contributed by atoms with E-state index in [4.69, 9.17) is 0 Å². The molecule has 2 N–H and O–H groups in total. The fraction of sp³-hybridized carbons (Fsp3) is 0.350.